The molecule has 0 atom stereocenters. The molecule has 20 heteroatoms. The lowest BCUT2D eigenvalue weighted by Gasteiger charge is -2.10. The Kier molecular flexibility index (Phi) is 25.7. The SMILES string of the molecule is CN(C)c1ccncc1.CN(C)c1ccncc1.CN(C)c1ccncc1.CN(C)c1ccncc1.Fc1c(F)c(I)c(F)c(I)c1F.Fc1c(F)c(I)c(F)c(I)c1F. The number of anilines is 4. The summed E-state index contributed by atoms with van der Waals surface area (Å²) in [5.41, 5.74) is 4.74. The van der Waals surface area contributed by atoms with Crippen LogP contribution in [0, 0.1) is 60.8 Å². The monoisotopic (exact) mass is 1290 g/mol. The minimum absolute atomic E-state index is 0.532. The molecule has 0 unspecified atom stereocenters. The van der Waals surface area contributed by atoms with Crippen LogP contribution in [-0.2, 0) is 0 Å². The van der Waals surface area contributed by atoms with Crippen LogP contribution in [0.15, 0.2) is 98.1 Å². The maximum absolute atomic E-state index is 12.8. The van der Waals surface area contributed by atoms with Crippen molar-refractivity contribution >= 4 is 113 Å². The van der Waals surface area contributed by atoms with Gasteiger partial charge in [0.25, 0.3) is 0 Å². The first-order chi connectivity index (χ1) is 28.1. The van der Waals surface area contributed by atoms with E-state index in [2.05, 4.69) is 19.9 Å². The lowest BCUT2D eigenvalue weighted by molar-refractivity contribution is 0.423. The second-order valence-corrected chi connectivity index (χ2v) is 16.5. The Morgan fingerprint density at radius 2 is 0.433 bits per heavy atom. The number of rotatable bonds is 4. The van der Waals surface area contributed by atoms with E-state index in [0.29, 0.717) is 0 Å². The molecule has 6 aromatic rings. The van der Waals surface area contributed by atoms with Crippen LogP contribution >= 0.6 is 90.4 Å². The molecular weight excluding hydrogens is 1250 g/mol. The highest BCUT2D eigenvalue weighted by molar-refractivity contribution is 14.1. The molecule has 0 aliphatic carbocycles. The topological polar surface area (TPSA) is 64.5 Å². The highest BCUT2D eigenvalue weighted by Crippen LogP contribution is 2.27. The van der Waals surface area contributed by atoms with Gasteiger partial charge >= 0.3 is 0 Å². The van der Waals surface area contributed by atoms with Gasteiger partial charge in [0.05, 0.1) is 14.3 Å². The molecular formula is C40H40F8I4N8. The van der Waals surface area contributed by atoms with Gasteiger partial charge in [-0.1, -0.05) is 0 Å². The van der Waals surface area contributed by atoms with Crippen LogP contribution in [0.4, 0.5) is 57.9 Å². The zero-order chi connectivity index (χ0) is 45.7. The Bertz CT molecular complexity index is 1710. The Morgan fingerprint density at radius 3 is 0.550 bits per heavy atom. The van der Waals surface area contributed by atoms with E-state index < -0.39 is 60.8 Å². The molecule has 0 radical (unpaired) electrons. The third-order valence-electron chi connectivity index (χ3n) is 7.03. The average Bonchev–Trinajstić information content (AvgIpc) is 3.27. The van der Waals surface area contributed by atoms with Crippen molar-refractivity contribution in [1.29, 1.82) is 0 Å². The highest BCUT2D eigenvalue weighted by atomic mass is 127. The molecule has 0 N–H and O–H groups in total. The molecule has 4 heterocycles. The van der Waals surface area contributed by atoms with Gasteiger partial charge in [0.1, 0.15) is 0 Å². The summed E-state index contributed by atoms with van der Waals surface area (Å²) in [6, 6.07) is 15.8. The van der Waals surface area contributed by atoms with Crippen LogP contribution in [0.2, 0.25) is 0 Å². The van der Waals surface area contributed by atoms with Crippen molar-refractivity contribution in [2.24, 2.45) is 0 Å². The maximum Gasteiger partial charge on any atom is 0.196 e. The normalized spacial score (nSPS) is 9.67. The van der Waals surface area contributed by atoms with Gasteiger partial charge in [-0.05, 0) is 139 Å². The Labute approximate surface area is 399 Å². The van der Waals surface area contributed by atoms with Gasteiger partial charge in [-0.2, -0.15) is 0 Å². The van der Waals surface area contributed by atoms with Gasteiger partial charge in [-0.15, -0.1) is 0 Å². The Morgan fingerprint density at radius 1 is 0.283 bits per heavy atom. The second-order valence-electron chi connectivity index (χ2n) is 12.2. The van der Waals surface area contributed by atoms with Gasteiger partial charge in [0.15, 0.2) is 46.5 Å². The molecule has 8 nitrogen and oxygen atoms in total. The largest absolute Gasteiger partial charge is 0.378 e. The van der Waals surface area contributed by atoms with Gasteiger partial charge < -0.3 is 19.6 Å². The van der Waals surface area contributed by atoms with E-state index in [1.165, 1.54) is 113 Å². The standard InChI is InChI=1S/4C7H10N2.2C6F4I2/c4*1-9(2)7-3-5-8-6-4-7;2*7-1-2(8)5(11)4(10)6(12)3(1)9/h4*3-6H,1-2H3;;. The van der Waals surface area contributed by atoms with Gasteiger partial charge in [-0.25, -0.2) is 35.1 Å². The number of pyridine rings is 4. The van der Waals surface area contributed by atoms with Gasteiger partial charge in [0.2, 0.25) is 0 Å². The van der Waals surface area contributed by atoms with Crippen molar-refractivity contribution in [3.63, 3.8) is 0 Å². The van der Waals surface area contributed by atoms with Crippen LogP contribution in [-0.4, -0.2) is 76.3 Å². The fourth-order valence-electron chi connectivity index (χ4n) is 3.72. The van der Waals surface area contributed by atoms with E-state index >= 15 is 0 Å². The summed E-state index contributed by atoms with van der Waals surface area (Å²) < 4.78 is 98.7. The Hall–Kier alpha value is -3.40. The summed E-state index contributed by atoms with van der Waals surface area (Å²) in [6.07, 6.45) is 14.3. The van der Waals surface area contributed by atoms with E-state index in [4.69, 9.17) is 0 Å². The molecule has 0 aliphatic heterocycles. The second kappa shape index (κ2) is 28.2. The first kappa shape index (κ1) is 54.6. The first-order valence-electron chi connectivity index (χ1n) is 16.8. The smallest absolute Gasteiger partial charge is 0.196 e. The van der Waals surface area contributed by atoms with Crippen LogP contribution in [0.3, 0.4) is 0 Å². The number of halogens is 12. The molecule has 0 saturated carbocycles. The van der Waals surface area contributed by atoms with E-state index in [1.807, 2.05) is 125 Å². The third-order valence-corrected chi connectivity index (χ3v) is 10.8. The lowest BCUT2D eigenvalue weighted by Crippen LogP contribution is -2.07. The summed E-state index contributed by atoms with van der Waals surface area (Å²) in [4.78, 5) is 23.8. The minimum atomic E-state index is -1.63. The van der Waals surface area contributed by atoms with E-state index in [1.54, 1.807) is 49.6 Å². The summed E-state index contributed by atoms with van der Waals surface area (Å²) >= 11 is 5.10. The molecule has 0 saturated heterocycles. The molecule has 0 amide bonds. The van der Waals surface area contributed by atoms with E-state index in [-0.39, 0.29) is 0 Å². The molecule has 60 heavy (non-hydrogen) atoms. The number of benzene rings is 2. The van der Waals surface area contributed by atoms with Crippen molar-refractivity contribution in [3.8, 4) is 0 Å². The number of nitrogens with zero attached hydrogens (tertiary/aromatic N) is 8. The molecule has 0 fully saturated rings. The minimum Gasteiger partial charge on any atom is -0.378 e. The average molecular weight is 1290 g/mol. The lowest BCUT2D eigenvalue weighted by atomic mass is 10.3. The van der Waals surface area contributed by atoms with Crippen molar-refractivity contribution in [2.75, 3.05) is 76.0 Å². The quantitative estimate of drug-likeness (QED) is 0.0749. The van der Waals surface area contributed by atoms with Crippen LogP contribution in [0.5, 0.6) is 0 Å². The zero-order valence-corrected chi connectivity index (χ0v) is 42.0. The van der Waals surface area contributed by atoms with Crippen molar-refractivity contribution < 1.29 is 35.1 Å². The predicted molar refractivity (Wildman–Crippen MR) is 258 cm³/mol. The summed E-state index contributed by atoms with van der Waals surface area (Å²) in [5.74, 6) is -11.3. The van der Waals surface area contributed by atoms with Gasteiger partial charge in [-0.3, -0.25) is 19.9 Å². The highest BCUT2D eigenvalue weighted by Gasteiger charge is 2.23. The Balaban J connectivity index is 0.000000362. The third kappa shape index (κ3) is 18.3. The fraction of sp³-hybridized carbons (Fsp3) is 0.200. The molecule has 0 bridgehead atoms. The summed E-state index contributed by atoms with van der Waals surface area (Å²) in [6.45, 7) is 0. The van der Waals surface area contributed by atoms with Crippen LogP contribution in [0.25, 0.3) is 0 Å². The molecule has 6 rings (SSSR count). The maximum atomic E-state index is 12.8. The molecule has 324 valence electrons. The number of aromatic nitrogens is 4. The van der Waals surface area contributed by atoms with Crippen LogP contribution < -0.4 is 19.6 Å². The zero-order valence-electron chi connectivity index (χ0n) is 33.4. The summed E-state index contributed by atoms with van der Waals surface area (Å²) in [7, 11) is 16.1. The number of hydrogen-bond acceptors (Lipinski definition) is 8. The predicted octanol–water partition coefficient (Wildman–Crippen LogP) is 11.5. The van der Waals surface area contributed by atoms with E-state index in [0.717, 1.165) is 0 Å². The van der Waals surface area contributed by atoms with Crippen molar-refractivity contribution in [1.82, 2.24) is 19.9 Å². The molecule has 0 aliphatic rings. The first-order valence-corrected chi connectivity index (χ1v) is 21.1. The molecule has 0 spiro atoms. The van der Waals surface area contributed by atoms with Gasteiger partial charge in [0, 0.05) is 129 Å². The van der Waals surface area contributed by atoms with Crippen molar-refractivity contribution in [2.45, 2.75) is 0 Å². The number of hydrogen-bond donors (Lipinski definition) is 0. The molecule has 2 aromatic carbocycles. The molecule has 4 aromatic heterocycles. The van der Waals surface area contributed by atoms with E-state index in [9.17, 15) is 35.1 Å². The van der Waals surface area contributed by atoms with Crippen LogP contribution in [0.1, 0.15) is 0 Å². The van der Waals surface area contributed by atoms with Crippen molar-refractivity contribution in [3.05, 3.63) is 159 Å². The summed E-state index contributed by atoms with van der Waals surface area (Å²) in [5, 5.41) is 0. The fourth-order valence-corrected chi connectivity index (χ4v) is 6.78.